The van der Waals surface area contributed by atoms with Gasteiger partial charge in [-0.2, -0.15) is 0 Å². The van der Waals surface area contributed by atoms with Gasteiger partial charge in [-0.05, 0) is 168 Å². The lowest BCUT2D eigenvalue weighted by Gasteiger charge is -2.73. The maximum absolute atomic E-state index is 14.3. The maximum Gasteiger partial charge on any atom is 0.306 e. The molecule has 0 radical (unpaired) electrons. The fourth-order valence-electron chi connectivity index (χ4n) is 21.1. The molecule has 3 saturated carbocycles. The van der Waals surface area contributed by atoms with Crippen LogP contribution in [-0.2, 0) is 4.79 Å². The number of hydrogen-bond acceptors (Lipinski definition) is 5. The molecule has 18 rings (SSSR count). The number of carboxylic acids is 1. The minimum absolute atomic E-state index is 0.000901. The van der Waals surface area contributed by atoms with Crippen LogP contribution in [0.2, 0.25) is 0 Å². The number of aliphatic hydroxyl groups is 2. The van der Waals surface area contributed by atoms with E-state index in [-0.39, 0.29) is 40.4 Å². The van der Waals surface area contributed by atoms with Crippen molar-refractivity contribution in [1.82, 2.24) is 10.6 Å². The lowest BCUT2D eigenvalue weighted by Crippen LogP contribution is -2.68. The molecule has 16 aliphatic rings. The lowest BCUT2D eigenvalue weighted by molar-refractivity contribution is -0.167. The van der Waals surface area contributed by atoms with Crippen LogP contribution < -0.4 is 21.1 Å². The molecule has 0 amide bonds. The Bertz CT molecular complexity index is 3220. The second-order valence-electron chi connectivity index (χ2n) is 27.5. The van der Waals surface area contributed by atoms with Gasteiger partial charge in [-0.1, -0.05) is 173 Å². The van der Waals surface area contributed by atoms with Crippen molar-refractivity contribution < 1.29 is 20.1 Å². The molecule has 2 spiro atoms. The van der Waals surface area contributed by atoms with Gasteiger partial charge < -0.3 is 26.0 Å². The van der Waals surface area contributed by atoms with E-state index in [0.717, 1.165) is 96.0 Å². The van der Waals surface area contributed by atoms with Gasteiger partial charge in [0.2, 0.25) is 0 Å². The van der Waals surface area contributed by atoms with Crippen LogP contribution in [-0.4, -0.2) is 46.6 Å². The Morgan fingerprint density at radius 1 is 0.923 bits per heavy atom. The zero-order chi connectivity index (χ0) is 53.2. The predicted octanol–water partition coefficient (Wildman–Crippen LogP) is 13.0. The van der Waals surface area contributed by atoms with Gasteiger partial charge >= 0.3 is 5.97 Å². The molecule has 6 heterocycles. The largest absolute Gasteiger partial charge is 0.481 e. The molecule has 78 heavy (non-hydrogen) atoms. The standard InChI is InChI=1S/C72H86N2O4/c1-4-5-6-12-35-71-43-60(75)65-54(66(77)78)28-22-45(2)52(46-16-8-7-9-17-46)21-14-38-73-62-29-27-51(44-74-62)49-26-24-47-23-25-48-19-13-33-70-34-15-32-69-41-56-58(40-50-18-10-11-20-53(50)64(56)63(48)55(47)39-49)72(67(69)70,37-31-61(70)76)57(59(71)42-69)30-36-68(65,71)3/h10-11,15,18,20,23-27,29,32,39-41,46,48,52,54,58,60-61,63,65,67,73-76H,2,4-9,12,14,16-17,21-22,28,30-31,33-38,42-44H2,1,3H3,(H,77,78). The summed E-state index contributed by atoms with van der Waals surface area (Å²) in [5, 5.41) is 48.1. The second kappa shape index (κ2) is 19.3. The Labute approximate surface area is 465 Å². The Morgan fingerprint density at radius 2 is 1.79 bits per heavy atom. The van der Waals surface area contributed by atoms with Crippen molar-refractivity contribution in [3.8, 4) is 11.8 Å². The van der Waals surface area contributed by atoms with Crippen molar-refractivity contribution in [2.24, 2.45) is 68.5 Å². The summed E-state index contributed by atoms with van der Waals surface area (Å²) in [5.41, 5.74) is 10.6. The van der Waals surface area contributed by atoms with Crippen LogP contribution in [0, 0.1) is 80.3 Å². The highest BCUT2D eigenvalue weighted by Gasteiger charge is 2.75. The zero-order valence-electron chi connectivity index (χ0n) is 46.9. The molecule has 6 heteroatoms. The molecule has 3 fully saturated rings. The van der Waals surface area contributed by atoms with E-state index in [4.69, 9.17) is 6.58 Å². The third-order valence-electron chi connectivity index (χ3n) is 24.2. The predicted molar refractivity (Wildman–Crippen MR) is 314 cm³/mol. The highest BCUT2D eigenvalue weighted by atomic mass is 16.4. The van der Waals surface area contributed by atoms with Gasteiger partial charge in [0.15, 0.2) is 0 Å². The van der Waals surface area contributed by atoms with Gasteiger partial charge in [-0.25, -0.2) is 0 Å². The van der Waals surface area contributed by atoms with E-state index < -0.39 is 40.3 Å². The van der Waals surface area contributed by atoms with E-state index in [1.54, 1.807) is 11.1 Å². The minimum Gasteiger partial charge on any atom is -0.481 e. The number of carbonyl (C=O) groups is 1. The second-order valence-corrected chi connectivity index (χ2v) is 27.5. The number of nitrogens with one attached hydrogen (secondary N) is 2. The first-order chi connectivity index (χ1) is 37.9. The number of carboxylic acid groups (broad SMARTS) is 1. The van der Waals surface area contributed by atoms with Crippen LogP contribution in [0.15, 0.2) is 114 Å². The zero-order valence-corrected chi connectivity index (χ0v) is 46.9. The van der Waals surface area contributed by atoms with Gasteiger partial charge in [0, 0.05) is 59.4 Å². The maximum atomic E-state index is 14.3. The molecule has 14 unspecified atom stereocenters. The summed E-state index contributed by atoms with van der Waals surface area (Å²) in [5.74, 6) is 8.40. The van der Waals surface area contributed by atoms with E-state index in [9.17, 15) is 20.1 Å². The number of hydrogen-bond donors (Lipinski definition) is 5. The van der Waals surface area contributed by atoms with E-state index >= 15 is 0 Å². The molecule has 2 aromatic rings. The van der Waals surface area contributed by atoms with E-state index in [0.29, 0.717) is 37.5 Å². The third kappa shape index (κ3) is 7.43. The molecule has 5 N–H and O–H groups in total. The Morgan fingerprint density at radius 3 is 2.63 bits per heavy atom. The smallest absolute Gasteiger partial charge is 0.306 e. The minimum atomic E-state index is -0.743. The number of fused-ring (bicyclic) bond motifs is 1. The summed E-state index contributed by atoms with van der Waals surface area (Å²) in [4.78, 5) is 14.3. The number of dihydropyridines is 1. The van der Waals surface area contributed by atoms with Crippen LogP contribution in [0.1, 0.15) is 178 Å². The van der Waals surface area contributed by atoms with Crippen molar-refractivity contribution in [3.63, 3.8) is 0 Å². The average Bonchev–Trinajstić information content (AvgIpc) is 1.98. The topological polar surface area (TPSA) is 102 Å². The van der Waals surface area contributed by atoms with Crippen LogP contribution in [0.3, 0.4) is 0 Å². The van der Waals surface area contributed by atoms with E-state index in [1.165, 1.54) is 87.9 Å². The van der Waals surface area contributed by atoms with Gasteiger partial charge in [-0.15, -0.1) is 5.92 Å². The first-order valence-electron chi connectivity index (χ1n) is 31.4. The van der Waals surface area contributed by atoms with Crippen LogP contribution >= 0.6 is 0 Å². The number of benzene rings is 2. The summed E-state index contributed by atoms with van der Waals surface area (Å²) in [6.45, 7) is 11.3. The van der Waals surface area contributed by atoms with Crippen molar-refractivity contribution >= 4 is 29.3 Å². The Hall–Kier alpha value is -5.09. The molecular weight excluding hydrogens is 957 g/mol. The molecule has 14 atom stereocenters. The van der Waals surface area contributed by atoms with E-state index in [1.807, 2.05) is 0 Å². The molecule has 6 nitrogen and oxygen atoms in total. The average molecular weight is 1040 g/mol. The molecule has 17 bridgehead atoms. The van der Waals surface area contributed by atoms with Crippen LogP contribution in [0.25, 0.3) is 23.3 Å². The molecule has 408 valence electrons. The number of rotatable bonds is 7. The fraction of sp³-hybridized carbons (Fsp3) is 0.569. The molecule has 2 aromatic carbocycles. The van der Waals surface area contributed by atoms with Crippen molar-refractivity contribution in [2.45, 2.75) is 173 Å². The molecule has 6 aliphatic heterocycles. The lowest BCUT2D eigenvalue weighted by atomic mass is 9.30. The molecule has 0 saturated heterocycles. The first kappa shape index (κ1) is 51.1. The normalized spacial score (nSPS) is 39.9. The number of aliphatic hydroxyl groups excluding tert-OH is 2. The molecule has 0 aromatic heterocycles. The summed E-state index contributed by atoms with van der Waals surface area (Å²) in [7, 11) is 0. The number of aliphatic carboxylic acids is 1. The van der Waals surface area contributed by atoms with Crippen molar-refractivity contribution in [3.05, 3.63) is 141 Å². The van der Waals surface area contributed by atoms with Crippen LogP contribution in [0.4, 0.5) is 0 Å². The summed E-state index contributed by atoms with van der Waals surface area (Å²) in [6, 6.07) is 16.5. The third-order valence-corrected chi connectivity index (χ3v) is 24.2. The summed E-state index contributed by atoms with van der Waals surface area (Å²) < 4.78 is 0. The number of allylic oxidation sites excluding steroid dienone is 10. The molecule has 10 aliphatic carbocycles. The quantitative estimate of drug-likeness (QED) is 0.108. The Balaban J connectivity index is 1.01. The van der Waals surface area contributed by atoms with Gasteiger partial charge in [0.1, 0.15) is 0 Å². The monoisotopic (exact) mass is 1040 g/mol. The van der Waals surface area contributed by atoms with Gasteiger partial charge in [0.25, 0.3) is 0 Å². The fourth-order valence-corrected chi connectivity index (χ4v) is 21.1. The van der Waals surface area contributed by atoms with Gasteiger partial charge in [-0.3, -0.25) is 4.79 Å². The highest BCUT2D eigenvalue weighted by molar-refractivity contribution is 5.83. The number of unbranched alkanes of at least 4 members (excludes halogenated alkanes) is 3. The van der Waals surface area contributed by atoms with Crippen molar-refractivity contribution in [2.75, 3.05) is 13.1 Å². The van der Waals surface area contributed by atoms with E-state index in [2.05, 4.69) is 127 Å². The first-order valence-corrected chi connectivity index (χ1v) is 31.4. The highest BCUT2D eigenvalue weighted by Crippen LogP contribution is 2.82. The Kier molecular flexibility index (Phi) is 12.6. The van der Waals surface area contributed by atoms with Crippen molar-refractivity contribution in [1.29, 1.82) is 0 Å². The molecular formula is C72H86N2O4. The SMILES string of the molecule is C=C1CCC(C(=O)O)C2C(O)CC3(CCCCCC)C4=C(CCC23C)C23CCC(O)C56CC#CC7C=Cc8ccc(cc8C7C7=c8ccccc8=CC2C7=CC(C=CC5)(C4)C63)C2=CC=C(NCCCC1C1CCCCC1)NC2. The van der Waals surface area contributed by atoms with Gasteiger partial charge in [0.05, 0.1) is 23.9 Å². The summed E-state index contributed by atoms with van der Waals surface area (Å²) in [6.07, 6.45) is 40.2. The summed E-state index contributed by atoms with van der Waals surface area (Å²) >= 11 is 0. The van der Waals surface area contributed by atoms with Crippen LogP contribution in [0.5, 0.6) is 0 Å².